The lowest BCUT2D eigenvalue weighted by molar-refractivity contribution is -0.143. The van der Waals surface area contributed by atoms with E-state index < -0.39 is 0 Å². The van der Waals surface area contributed by atoms with Gasteiger partial charge < -0.3 is 9.80 Å². The lowest BCUT2D eigenvalue weighted by Gasteiger charge is -2.42. The second-order valence-electron chi connectivity index (χ2n) is 8.46. The third-order valence-corrected chi connectivity index (χ3v) is 7.40. The third kappa shape index (κ3) is 4.16. The molecule has 2 aromatic rings. The number of hydrogen-bond donors (Lipinski definition) is 0. The van der Waals surface area contributed by atoms with Crippen LogP contribution in [0.2, 0.25) is 0 Å². The van der Waals surface area contributed by atoms with E-state index in [0.717, 1.165) is 13.0 Å². The van der Waals surface area contributed by atoms with Crippen molar-refractivity contribution < 1.29 is 9.59 Å². The lowest BCUT2D eigenvalue weighted by atomic mass is 9.92. The zero-order valence-corrected chi connectivity index (χ0v) is 19.0. The Kier molecular flexibility index (Phi) is 6.25. The van der Waals surface area contributed by atoms with Gasteiger partial charge in [-0.2, -0.15) is 0 Å². The van der Waals surface area contributed by atoms with Gasteiger partial charge in [0.1, 0.15) is 0 Å². The molecule has 0 aliphatic carbocycles. The van der Waals surface area contributed by atoms with Gasteiger partial charge in [0, 0.05) is 43.5 Å². The van der Waals surface area contributed by atoms with Gasteiger partial charge in [-0.1, -0.05) is 36.8 Å². The van der Waals surface area contributed by atoms with Crippen molar-refractivity contribution in [2.45, 2.75) is 45.7 Å². The molecule has 2 aliphatic heterocycles. The fourth-order valence-electron chi connectivity index (χ4n) is 4.71. The predicted molar refractivity (Wildman–Crippen MR) is 121 cm³/mol. The average Bonchev–Trinajstić information content (AvgIpc) is 3.22. The van der Waals surface area contributed by atoms with Crippen LogP contribution >= 0.6 is 11.3 Å². The highest BCUT2D eigenvalue weighted by atomic mass is 32.1. The van der Waals surface area contributed by atoms with E-state index in [-0.39, 0.29) is 23.9 Å². The minimum absolute atomic E-state index is 0.0767. The smallest absolute Gasteiger partial charge is 0.236 e. The summed E-state index contributed by atoms with van der Waals surface area (Å²) in [6, 6.07) is 11.1. The molecular formula is C24H31N3O2S. The summed E-state index contributed by atoms with van der Waals surface area (Å²) < 4.78 is 0. The molecule has 4 rings (SSSR count). The molecule has 30 heavy (non-hydrogen) atoms. The molecule has 1 aromatic heterocycles. The van der Waals surface area contributed by atoms with Crippen molar-refractivity contribution in [1.29, 1.82) is 0 Å². The van der Waals surface area contributed by atoms with Crippen molar-refractivity contribution >= 4 is 23.2 Å². The van der Waals surface area contributed by atoms with E-state index in [1.807, 2.05) is 35.0 Å². The molecule has 1 aromatic carbocycles. The number of fused-ring (bicyclic) bond motifs is 1. The van der Waals surface area contributed by atoms with Gasteiger partial charge in [-0.3, -0.25) is 14.5 Å². The van der Waals surface area contributed by atoms with Crippen molar-refractivity contribution in [3.8, 4) is 0 Å². The Morgan fingerprint density at radius 2 is 1.83 bits per heavy atom. The Morgan fingerprint density at radius 3 is 2.53 bits per heavy atom. The number of carbonyl (C=O) groups is 2. The lowest BCUT2D eigenvalue weighted by Crippen LogP contribution is -2.57. The first-order valence-electron chi connectivity index (χ1n) is 10.9. The molecule has 2 aliphatic rings. The number of aryl methyl sites for hydroxylation is 1. The molecule has 0 unspecified atom stereocenters. The zero-order valence-electron chi connectivity index (χ0n) is 18.1. The van der Waals surface area contributed by atoms with Gasteiger partial charge in [-0.15, -0.1) is 11.3 Å². The van der Waals surface area contributed by atoms with Crippen molar-refractivity contribution in [2.75, 3.05) is 32.7 Å². The van der Waals surface area contributed by atoms with E-state index in [4.69, 9.17) is 0 Å². The highest BCUT2D eigenvalue weighted by molar-refractivity contribution is 7.10. The fourth-order valence-corrected chi connectivity index (χ4v) is 5.61. The van der Waals surface area contributed by atoms with Crippen LogP contribution in [0.4, 0.5) is 0 Å². The first-order chi connectivity index (χ1) is 14.5. The van der Waals surface area contributed by atoms with Gasteiger partial charge in [0.05, 0.1) is 12.6 Å². The minimum Gasteiger partial charge on any atom is -0.338 e. The quantitative estimate of drug-likeness (QED) is 0.753. The van der Waals surface area contributed by atoms with Crippen LogP contribution in [-0.2, 0) is 16.0 Å². The number of thiophene rings is 1. The van der Waals surface area contributed by atoms with Gasteiger partial charge >= 0.3 is 0 Å². The summed E-state index contributed by atoms with van der Waals surface area (Å²) in [6.07, 6.45) is 1.52. The minimum atomic E-state index is 0.0767. The summed E-state index contributed by atoms with van der Waals surface area (Å²) in [5.74, 6) is 0.344. The van der Waals surface area contributed by atoms with Gasteiger partial charge in [-0.25, -0.2) is 0 Å². The maximum Gasteiger partial charge on any atom is 0.236 e. The molecule has 5 nitrogen and oxygen atoms in total. The van der Waals surface area contributed by atoms with Gasteiger partial charge in [0.25, 0.3) is 0 Å². The van der Waals surface area contributed by atoms with Crippen LogP contribution < -0.4 is 0 Å². The molecule has 0 spiro atoms. The molecule has 0 saturated carbocycles. The number of carbonyl (C=O) groups excluding carboxylic acids is 2. The molecule has 0 N–H and O–H groups in total. The first-order valence-corrected chi connectivity index (χ1v) is 11.8. The number of piperazine rings is 1. The highest BCUT2D eigenvalue weighted by Crippen LogP contribution is 2.37. The summed E-state index contributed by atoms with van der Waals surface area (Å²) in [5, 5.41) is 2.17. The van der Waals surface area contributed by atoms with E-state index in [9.17, 15) is 9.59 Å². The summed E-state index contributed by atoms with van der Waals surface area (Å²) in [5.41, 5.74) is 3.84. The topological polar surface area (TPSA) is 43.9 Å². The average molecular weight is 426 g/mol. The highest BCUT2D eigenvalue weighted by Gasteiger charge is 2.34. The van der Waals surface area contributed by atoms with E-state index in [2.05, 4.69) is 47.5 Å². The van der Waals surface area contributed by atoms with E-state index in [1.54, 1.807) is 0 Å². The SMILES string of the molecule is CCC(=O)N1CCN(C(=O)CN2CCc3sccc3[C@@H]2c2ccc(C)cc2)C[C@@H]1C. The first kappa shape index (κ1) is 21.1. The van der Waals surface area contributed by atoms with Gasteiger partial charge in [-0.05, 0) is 42.8 Å². The molecular weight excluding hydrogens is 394 g/mol. The second-order valence-corrected chi connectivity index (χ2v) is 9.46. The van der Waals surface area contributed by atoms with Crippen LogP contribution in [0.3, 0.4) is 0 Å². The summed E-state index contributed by atoms with van der Waals surface area (Å²) >= 11 is 1.82. The van der Waals surface area contributed by atoms with Crippen molar-refractivity contribution in [3.05, 3.63) is 57.3 Å². The monoisotopic (exact) mass is 425 g/mol. The second kappa shape index (κ2) is 8.90. The maximum absolute atomic E-state index is 13.2. The fraction of sp³-hybridized carbons (Fsp3) is 0.500. The summed E-state index contributed by atoms with van der Waals surface area (Å²) in [4.78, 5) is 32.9. The molecule has 0 bridgehead atoms. The Morgan fingerprint density at radius 1 is 1.07 bits per heavy atom. The standard InChI is InChI=1S/C24H31N3O2S/c1-4-22(28)27-13-12-25(15-18(27)3)23(29)16-26-11-9-21-20(10-14-30-21)24(26)19-7-5-17(2)6-8-19/h5-8,10,14,18,24H,4,9,11-13,15-16H2,1-3H3/t18-,24-/m0/s1. The number of nitrogens with zero attached hydrogens (tertiary/aromatic N) is 3. The van der Waals surface area contributed by atoms with E-state index in [1.165, 1.54) is 21.6 Å². The van der Waals surface area contributed by atoms with Crippen molar-refractivity contribution in [1.82, 2.24) is 14.7 Å². The van der Waals surface area contributed by atoms with Crippen molar-refractivity contribution in [2.24, 2.45) is 0 Å². The number of rotatable bonds is 4. The molecule has 3 heterocycles. The van der Waals surface area contributed by atoms with E-state index >= 15 is 0 Å². The molecule has 2 atom stereocenters. The van der Waals surface area contributed by atoms with Gasteiger partial charge in [0.2, 0.25) is 11.8 Å². The van der Waals surface area contributed by atoms with Crippen LogP contribution in [-0.4, -0.2) is 65.3 Å². The van der Waals surface area contributed by atoms with Crippen molar-refractivity contribution in [3.63, 3.8) is 0 Å². The Hall–Kier alpha value is -2.18. The molecule has 2 amide bonds. The molecule has 0 radical (unpaired) electrons. The third-order valence-electron chi connectivity index (χ3n) is 6.40. The summed E-state index contributed by atoms with van der Waals surface area (Å²) in [6.45, 7) is 9.23. The normalized spacial score (nSPS) is 22.1. The van der Waals surface area contributed by atoms with Gasteiger partial charge in [0.15, 0.2) is 0 Å². The molecule has 160 valence electrons. The Bertz CT molecular complexity index is 907. The zero-order chi connectivity index (χ0) is 21.3. The maximum atomic E-state index is 13.2. The van der Waals surface area contributed by atoms with Crippen LogP contribution in [0, 0.1) is 6.92 Å². The number of benzene rings is 1. The van der Waals surface area contributed by atoms with E-state index in [0.29, 0.717) is 32.6 Å². The Labute approximate surface area is 183 Å². The molecule has 1 fully saturated rings. The Balaban J connectivity index is 1.50. The summed E-state index contributed by atoms with van der Waals surface area (Å²) in [7, 11) is 0. The van der Waals surface area contributed by atoms with Crippen LogP contribution in [0.5, 0.6) is 0 Å². The largest absolute Gasteiger partial charge is 0.338 e. The van der Waals surface area contributed by atoms with Crippen LogP contribution in [0.25, 0.3) is 0 Å². The molecule has 1 saturated heterocycles. The number of amides is 2. The van der Waals surface area contributed by atoms with Crippen LogP contribution in [0.15, 0.2) is 35.7 Å². The predicted octanol–water partition coefficient (Wildman–Crippen LogP) is 3.47. The number of hydrogen-bond acceptors (Lipinski definition) is 4. The van der Waals surface area contributed by atoms with Crippen LogP contribution in [0.1, 0.15) is 47.9 Å². The molecule has 6 heteroatoms.